The summed E-state index contributed by atoms with van der Waals surface area (Å²) >= 11 is 3.33. The highest BCUT2D eigenvalue weighted by Crippen LogP contribution is 2.17. The third-order valence-corrected chi connectivity index (χ3v) is 2.68. The van der Waals surface area contributed by atoms with Gasteiger partial charge in [0.2, 0.25) is 5.91 Å². The Morgan fingerprint density at radius 3 is 2.88 bits per heavy atom. The zero-order chi connectivity index (χ0) is 12.1. The number of hydrogen-bond acceptors (Lipinski definition) is 3. The van der Waals surface area contributed by atoms with E-state index in [2.05, 4.69) is 31.5 Å². The second-order valence-electron chi connectivity index (χ2n) is 3.77. The van der Waals surface area contributed by atoms with Gasteiger partial charge in [-0.15, -0.1) is 0 Å². The van der Waals surface area contributed by atoms with Crippen molar-refractivity contribution in [2.75, 3.05) is 18.9 Å². The maximum absolute atomic E-state index is 11.7. The average molecular weight is 286 g/mol. The first-order valence-corrected chi connectivity index (χ1v) is 5.91. The van der Waals surface area contributed by atoms with E-state index in [9.17, 15) is 4.79 Å². The lowest BCUT2D eigenvalue weighted by molar-refractivity contribution is -0.119. The maximum Gasteiger partial charge on any atom is 0.229 e. The van der Waals surface area contributed by atoms with Crippen LogP contribution in [0.3, 0.4) is 0 Å². The molecule has 0 fully saturated rings. The molecule has 1 aromatic heterocycles. The third kappa shape index (κ3) is 3.57. The van der Waals surface area contributed by atoms with Gasteiger partial charge in [0.15, 0.2) is 0 Å². The van der Waals surface area contributed by atoms with Crippen LogP contribution in [-0.4, -0.2) is 24.5 Å². The highest BCUT2D eigenvalue weighted by atomic mass is 79.9. The van der Waals surface area contributed by atoms with E-state index in [1.807, 2.05) is 27.0 Å². The van der Waals surface area contributed by atoms with Gasteiger partial charge < -0.3 is 10.6 Å². The molecule has 16 heavy (non-hydrogen) atoms. The molecule has 1 aromatic rings. The Bertz CT molecular complexity index is 381. The molecule has 88 valence electrons. The first-order chi connectivity index (χ1) is 7.54. The lowest BCUT2D eigenvalue weighted by Crippen LogP contribution is -2.29. The zero-order valence-electron chi connectivity index (χ0n) is 9.67. The molecule has 2 N–H and O–H groups in total. The number of aromatic nitrogens is 1. The van der Waals surface area contributed by atoms with Gasteiger partial charge >= 0.3 is 0 Å². The van der Waals surface area contributed by atoms with E-state index >= 15 is 0 Å². The third-order valence-electron chi connectivity index (χ3n) is 2.24. The van der Waals surface area contributed by atoms with E-state index in [0.717, 1.165) is 10.0 Å². The predicted molar refractivity (Wildman–Crippen MR) is 68.4 cm³/mol. The topological polar surface area (TPSA) is 54.0 Å². The molecule has 0 radical (unpaired) electrons. The van der Waals surface area contributed by atoms with Crippen molar-refractivity contribution in [2.24, 2.45) is 5.92 Å². The van der Waals surface area contributed by atoms with Gasteiger partial charge in [0.1, 0.15) is 5.82 Å². The van der Waals surface area contributed by atoms with Crippen molar-refractivity contribution in [2.45, 2.75) is 13.8 Å². The van der Waals surface area contributed by atoms with Crippen LogP contribution in [0.5, 0.6) is 0 Å². The van der Waals surface area contributed by atoms with Crippen molar-refractivity contribution in [3.05, 3.63) is 22.3 Å². The number of hydrogen-bond donors (Lipinski definition) is 2. The molecular weight excluding hydrogens is 270 g/mol. The number of nitrogens with zero attached hydrogens (tertiary/aromatic N) is 1. The predicted octanol–water partition coefficient (Wildman–Crippen LogP) is 1.95. The second-order valence-corrected chi connectivity index (χ2v) is 4.68. The van der Waals surface area contributed by atoms with Gasteiger partial charge in [-0.3, -0.25) is 4.79 Å². The van der Waals surface area contributed by atoms with Gasteiger partial charge in [-0.05, 0) is 41.5 Å². The molecule has 1 atom stereocenters. The van der Waals surface area contributed by atoms with Crippen LogP contribution in [0.2, 0.25) is 0 Å². The summed E-state index contributed by atoms with van der Waals surface area (Å²) < 4.78 is 0.909. The summed E-state index contributed by atoms with van der Waals surface area (Å²) in [5, 5.41) is 5.78. The second kappa shape index (κ2) is 5.96. The molecule has 0 aliphatic heterocycles. The van der Waals surface area contributed by atoms with Crippen LogP contribution >= 0.6 is 15.9 Å². The normalized spacial score (nSPS) is 12.2. The molecule has 0 aliphatic carbocycles. The summed E-state index contributed by atoms with van der Waals surface area (Å²) in [6.07, 6.45) is 1.67. The molecule has 5 heteroatoms. The zero-order valence-corrected chi connectivity index (χ0v) is 11.3. The van der Waals surface area contributed by atoms with Crippen LogP contribution in [0.1, 0.15) is 12.5 Å². The van der Waals surface area contributed by atoms with Gasteiger partial charge in [0.05, 0.1) is 0 Å². The van der Waals surface area contributed by atoms with Crippen LogP contribution < -0.4 is 10.6 Å². The number of rotatable bonds is 4. The molecule has 1 heterocycles. The van der Waals surface area contributed by atoms with Crippen LogP contribution in [0.25, 0.3) is 0 Å². The van der Waals surface area contributed by atoms with Crippen LogP contribution in [-0.2, 0) is 4.79 Å². The van der Waals surface area contributed by atoms with Crippen molar-refractivity contribution < 1.29 is 4.79 Å². The van der Waals surface area contributed by atoms with E-state index in [4.69, 9.17) is 0 Å². The molecule has 0 spiro atoms. The Morgan fingerprint density at radius 1 is 1.62 bits per heavy atom. The number of nitrogens with one attached hydrogen (secondary N) is 2. The minimum absolute atomic E-state index is 0.0210. The van der Waals surface area contributed by atoms with Crippen molar-refractivity contribution in [1.29, 1.82) is 0 Å². The molecule has 0 saturated heterocycles. The minimum Gasteiger partial charge on any atom is -0.319 e. The fourth-order valence-electron chi connectivity index (χ4n) is 1.31. The number of amides is 1. The average Bonchev–Trinajstić information content (AvgIpc) is 2.22. The summed E-state index contributed by atoms with van der Waals surface area (Å²) in [6, 6.07) is 1.92. The largest absolute Gasteiger partial charge is 0.319 e. The van der Waals surface area contributed by atoms with Crippen molar-refractivity contribution in [3.8, 4) is 0 Å². The van der Waals surface area contributed by atoms with Gasteiger partial charge in [0, 0.05) is 23.1 Å². The molecular formula is C11H16BrN3O. The molecule has 0 aromatic carbocycles. The Hall–Kier alpha value is -0.940. The van der Waals surface area contributed by atoms with Crippen LogP contribution in [0.4, 0.5) is 5.82 Å². The van der Waals surface area contributed by atoms with Gasteiger partial charge in [-0.2, -0.15) is 0 Å². The molecule has 0 aliphatic rings. The van der Waals surface area contributed by atoms with E-state index < -0.39 is 0 Å². The molecule has 4 nitrogen and oxygen atoms in total. The minimum atomic E-state index is -0.0742. The number of carbonyl (C=O) groups excluding carboxylic acids is 1. The van der Waals surface area contributed by atoms with Crippen molar-refractivity contribution in [3.63, 3.8) is 0 Å². The van der Waals surface area contributed by atoms with E-state index in [1.165, 1.54) is 0 Å². The highest BCUT2D eigenvalue weighted by Gasteiger charge is 2.13. The molecule has 0 saturated carbocycles. The Balaban J connectivity index is 2.69. The number of halogens is 1. The Kier molecular flexibility index (Phi) is 4.89. The van der Waals surface area contributed by atoms with Crippen LogP contribution in [0.15, 0.2) is 16.7 Å². The van der Waals surface area contributed by atoms with Crippen molar-refractivity contribution in [1.82, 2.24) is 10.3 Å². The molecule has 1 amide bonds. The first-order valence-electron chi connectivity index (χ1n) is 5.12. The van der Waals surface area contributed by atoms with E-state index in [0.29, 0.717) is 12.4 Å². The van der Waals surface area contributed by atoms with Gasteiger partial charge in [0.25, 0.3) is 0 Å². The number of pyridine rings is 1. The summed E-state index contributed by atoms with van der Waals surface area (Å²) in [5.41, 5.74) is 0.944. The smallest absolute Gasteiger partial charge is 0.229 e. The number of carbonyl (C=O) groups is 1. The van der Waals surface area contributed by atoms with Gasteiger partial charge in [-0.25, -0.2) is 4.98 Å². The van der Waals surface area contributed by atoms with Gasteiger partial charge in [-0.1, -0.05) is 6.92 Å². The summed E-state index contributed by atoms with van der Waals surface area (Å²) in [4.78, 5) is 15.9. The quantitative estimate of drug-likeness (QED) is 0.889. The van der Waals surface area contributed by atoms with Crippen LogP contribution in [0, 0.1) is 12.8 Å². The molecule has 1 rings (SSSR count). The molecule has 1 unspecified atom stereocenters. The molecule has 0 bridgehead atoms. The Labute approximate surface area is 104 Å². The van der Waals surface area contributed by atoms with E-state index in [-0.39, 0.29) is 11.8 Å². The number of anilines is 1. The van der Waals surface area contributed by atoms with Crippen molar-refractivity contribution >= 4 is 27.7 Å². The lowest BCUT2D eigenvalue weighted by Gasteiger charge is -2.12. The highest BCUT2D eigenvalue weighted by molar-refractivity contribution is 9.10. The fraction of sp³-hybridized carbons (Fsp3) is 0.455. The maximum atomic E-state index is 11.7. The lowest BCUT2D eigenvalue weighted by atomic mass is 10.1. The summed E-state index contributed by atoms with van der Waals surface area (Å²) in [7, 11) is 1.83. The summed E-state index contributed by atoms with van der Waals surface area (Å²) in [5.74, 6) is 0.526. The number of aryl methyl sites for hydroxylation is 1. The fourth-order valence-corrected chi connectivity index (χ4v) is 1.76. The standard InChI is InChI=1S/C11H16BrN3O/c1-7-4-9(12)6-14-10(7)15-11(16)8(2)5-13-3/h4,6,8,13H,5H2,1-3H3,(H,14,15,16). The first kappa shape index (κ1) is 13.1. The SMILES string of the molecule is CNCC(C)C(=O)Nc1ncc(Br)cc1C. The van der Waals surface area contributed by atoms with E-state index in [1.54, 1.807) is 6.20 Å². The Morgan fingerprint density at radius 2 is 2.31 bits per heavy atom. The summed E-state index contributed by atoms with van der Waals surface area (Å²) in [6.45, 7) is 4.44. The monoisotopic (exact) mass is 285 g/mol.